The van der Waals surface area contributed by atoms with Crippen molar-refractivity contribution in [2.75, 3.05) is 0 Å². The zero-order valence-corrected chi connectivity index (χ0v) is 12.4. The second-order valence-electron chi connectivity index (χ2n) is 5.07. The Hall–Kier alpha value is -1.95. The van der Waals surface area contributed by atoms with Crippen LogP contribution in [0.5, 0.6) is 11.6 Å². The van der Waals surface area contributed by atoms with Crippen molar-refractivity contribution in [2.45, 2.75) is 32.7 Å². The van der Waals surface area contributed by atoms with E-state index in [4.69, 9.17) is 10.5 Å². The number of rotatable bonds is 5. The third-order valence-corrected chi connectivity index (χ3v) is 3.33. The number of nitrogens with zero attached hydrogens (tertiary/aromatic N) is 2. The first-order valence-corrected chi connectivity index (χ1v) is 6.82. The first-order valence-electron chi connectivity index (χ1n) is 6.82. The first kappa shape index (κ1) is 15.4. The van der Waals surface area contributed by atoms with E-state index in [1.807, 2.05) is 13.8 Å². The summed E-state index contributed by atoms with van der Waals surface area (Å²) >= 11 is 0. The molecule has 2 N–H and O–H groups in total. The zero-order chi connectivity index (χ0) is 15.6. The maximum absolute atomic E-state index is 13.2. The fourth-order valence-corrected chi connectivity index (χ4v) is 2.15. The Morgan fingerprint density at radius 2 is 1.90 bits per heavy atom. The fraction of sp³-hybridized carbons (Fsp3) is 0.400. The van der Waals surface area contributed by atoms with Gasteiger partial charge in [0.2, 0.25) is 5.88 Å². The Bertz CT molecular complexity index is 620. The molecule has 0 amide bonds. The number of hydrogen-bond donors (Lipinski definition) is 1. The van der Waals surface area contributed by atoms with Crippen LogP contribution < -0.4 is 10.5 Å². The van der Waals surface area contributed by atoms with Crippen molar-refractivity contribution >= 4 is 0 Å². The van der Waals surface area contributed by atoms with Gasteiger partial charge in [-0.2, -0.15) is 5.10 Å². The van der Waals surface area contributed by atoms with Crippen molar-refractivity contribution in [3.8, 4) is 11.6 Å². The molecular formula is C15H19F2N3O. The van der Waals surface area contributed by atoms with Crippen molar-refractivity contribution in [2.24, 2.45) is 12.8 Å². The van der Waals surface area contributed by atoms with Crippen LogP contribution in [0.15, 0.2) is 18.2 Å². The van der Waals surface area contributed by atoms with Crippen molar-refractivity contribution < 1.29 is 13.5 Å². The molecule has 2 rings (SSSR count). The zero-order valence-electron chi connectivity index (χ0n) is 12.4. The molecule has 1 unspecified atom stereocenters. The molecule has 1 heterocycles. The monoisotopic (exact) mass is 295 g/mol. The summed E-state index contributed by atoms with van der Waals surface area (Å²) in [5.74, 6) is -0.811. The molecule has 0 saturated heterocycles. The lowest BCUT2D eigenvalue weighted by molar-refractivity contribution is 0.416. The molecule has 114 valence electrons. The van der Waals surface area contributed by atoms with Gasteiger partial charge in [-0.25, -0.2) is 13.5 Å². The van der Waals surface area contributed by atoms with E-state index in [1.165, 1.54) is 0 Å². The molecule has 1 atom stereocenters. The van der Waals surface area contributed by atoms with Crippen LogP contribution in [-0.2, 0) is 13.5 Å². The standard InChI is InChI=1S/C15H19F2N3O/c1-4-12(18)8-14-9(2)19-20(3)15(14)21-13-6-10(16)5-11(17)7-13/h5-7,12H,4,8,18H2,1-3H3. The van der Waals surface area contributed by atoms with Gasteiger partial charge >= 0.3 is 0 Å². The maximum atomic E-state index is 13.2. The fourth-order valence-electron chi connectivity index (χ4n) is 2.15. The Labute approximate surface area is 122 Å². The molecule has 4 nitrogen and oxygen atoms in total. The normalized spacial score (nSPS) is 12.5. The van der Waals surface area contributed by atoms with E-state index in [0.717, 1.165) is 35.9 Å². The summed E-state index contributed by atoms with van der Waals surface area (Å²) in [6.45, 7) is 3.86. The summed E-state index contributed by atoms with van der Waals surface area (Å²) in [5.41, 5.74) is 7.64. The molecule has 0 spiro atoms. The number of benzene rings is 1. The average Bonchev–Trinajstić information content (AvgIpc) is 2.64. The van der Waals surface area contributed by atoms with Crippen LogP contribution in [-0.4, -0.2) is 15.8 Å². The van der Waals surface area contributed by atoms with E-state index in [-0.39, 0.29) is 11.8 Å². The molecule has 0 fully saturated rings. The van der Waals surface area contributed by atoms with Crippen molar-refractivity contribution in [1.82, 2.24) is 9.78 Å². The van der Waals surface area contributed by atoms with Gasteiger partial charge in [-0.05, 0) is 19.8 Å². The lowest BCUT2D eigenvalue weighted by Crippen LogP contribution is -2.21. The number of aromatic nitrogens is 2. The Morgan fingerprint density at radius 3 is 2.48 bits per heavy atom. The topological polar surface area (TPSA) is 53.1 Å². The quantitative estimate of drug-likeness (QED) is 0.922. The summed E-state index contributed by atoms with van der Waals surface area (Å²) in [5, 5.41) is 4.29. The van der Waals surface area contributed by atoms with Crippen molar-refractivity contribution in [3.63, 3.8) is 0 Å². The molecule has 0 aliphatic heterocycles. The number of hydrogen-bond acceptors (Lipinski definition) is 3. The number of ether oxygens (including phenoxy) is 1. The van der Waals surface area contributed by atoms with Crippen molar-refractivity contribution in [3.05, 3.63) is 41.1 Å². The van der Waals surface area contributed by atoms with Gasteiger partial charge in [0.15, 0.2) is 0 Å². The summed E-state index contributed by atoms with van der Waals surface area (Å²) in [6.07, 6.45) is 1.42. The van der Waals surface area contributed by atoms with Gasteiger partial charge < -0.3 is 10.5 Å². The van der Waals surface area contributed by atoms with E-state index < -0.39 is 11.6 Å². The summed E-state index contributed by atoms with van der Waals surface area (Å²) < 4.78 is 33.7. The van der Waals surface area contributed by atoms with E-state index in [0.29, 0.717) is 12.3 Å². The highest BCUT2D eigenvalue weighted by Gasteiger charge is 2.18. The molecule has 0 aliphatic carbocycles. The number of halogens is 2. The number of nitrogens with two attached hydrogens (primary N) is 1. The van der Waals surface area contributed by atoms with Gasteiger partial charge in [0.25, 0.3) is 0 Å². The maximum Gasteiger partial charge on any atom is 0.221 e. The van der Waals surface area contributed by atoms with Gasteiger partial charge in [-0.3, -0.25) is 0 Å². The van der Waals surface area contributed by atoms with Gasteiger partial charge in [-0.15, -0.1) is 0 Å². The Kier molecular flexibility index (Phi) is 4.57. The molecule has 0 saturated carbocycles. The highest BCUT2D eigenvalue weighted by molar-refractivity contribution is 5.36. The average molecular weight is 295 g/mol. The Morgan fingerprint density at radius 1 is 1.29 bits per heavy atom. The van der Waals surface area contributed by atoms with Gasteiger partial charge in [0.05, 0.1) is 5.69 Å². The van der Waals surface area contributed by atoms with Gasteiger partial charge in [-0.1, -0.05) is 6.92 Å². The Balaban J connectivity index is 2.34. The minimum absolute atomic E-state index is 0.0144. The summed E-state index contributed by atoms with van der Waals surface area (Å²) in [7, 11) is 1.72. The molecular weight excluding hydrogens is 276 g/mol. The third-order valence-electron chi connectivity index (χ3n) is 3.33. The minimum Gasteiger partial charge on any atom is -0.439 e. The van der Waals surface area contributed by atoms with E-state index in [9.17, 15) is 8.78 Å². The van der Waals surface area contributed by atoms with Crippen LogP contribution in [0.1, 0.15) is 24.6 Å². The van der Waals surface area contributed by atoms with E-state index in [1.54, 1.807) is 11.7 Å². The van der Waals surface area contributed by atoms with Crippen LogP contribution in [0, 0.1) is 18.6 Å². The molecule has 1 aromatic heterocycles. The predicted octanol–water partition coefficient (Wildman–Crippen LogP) is 3.08. The second-order valence-corrected chi connectivity index (χ2v) is 5.07. The SMILES string of the molecule is CCC(N)Cc1c(C)nn(C)c1Oc1cc(F)cc(F)c1. The van der Waals surface area contributed by atoms with E-state index in [2.05, 4.69) is 5.10 Å². The van der Waals surface area contributed by atoms with Gasteiger partial charge in [0, 0.05) is 36.9 Å². The second kappa shape index (κ2) is 6.22. The first-order chi connectivity index (χ1) is 9.90. The molecule has 1 aromatic carbocycles. The molecule has 0 bridgehead atoms. The highest BCUT2D eigenvalue weighted by atomic mass is 19.1. The molecule has 21 heavy (non-hydrogen) atoms. The highest BCUT2D eigenvalue weighted by Crippen LogP contribution is 2.29. The lowest BCUT2D eigenvalue weighted by atomic mass is 10.1. The molecule has 0 radical (unpaired) electrons. The summed E-state index contributed by atoms with van der Waals surface area (Å²) in [6, 6.07) is 3.05. The van der Waals surface area contributed by atoms with Crippen LogP contribution in [0.25, 0.3) is 0 Å². The van der Waals surface area contributed by atoms with E-state index >= 15 is 0 Å². The smallest absolute Gasteiger partial charge is 0.221 e. The van der Waals surface area contributed by atoms with Crippen molar-refractivity contribution in [1.29, 1.82) is 0 Å². The van der Waals surface area contributed by atoms with Crippen LogP contribution in [0.4, 0.5) is 8.78 Å². The lowest BCUT2D eigenvalue weighted by Gasteiger charge is -2.12. The molecule has 0 aliphatic rings. The van der Waals surface area contributed by atoms with Crippen LogP contribution >= 0.6 is 0 Å². The summed E-state index contributed by atoms with van der Waals surface area (Å²) in [4.78, 5) is 0. The van der Waals surface area contributed by atoms with Gasteiger partial charge in [0.1, 0.15) is 17.4 Å². The third kappa shape index (κ3) is 3.58. The molecule has 2 aromatic rings. The minimum atomic E-state index is -0.685. The molecule has 6 heteroatoms. The predicted molar refractivity (Wildman–Crippen MR) is 76.3 cm³/mol. The largest absolute Gasteiger partial charge is 0.439 e. The number of aryl methyl sites for hydroxylation is 2. The van der Waals surface area contributed by atoms with Crippen LogP contribution in [0.3, 0.4) is 0 Å². The van der Waals surface area contributed by atoms with Crippen LogP contribution in [0.2, 0.25) is 0 Å².